The molecule has 19 atom stereocenters. The van der Waals surface area contributed by atoms with Crippen molar-refractivity contribution >= 4 is 64.0 Å². The number of thiazole rings is 1. The number of aliphatic hydroxyl groups excluding tert-OH is 1. The molecule has 7 rings (SSSR count). The molecule has 0 saturated carbocycles. The summed E-state index contributed by atoms with van der Waals surface area (Å²) in [6.45, 7) is 31.9. The summed E-state index contributed by atoms with van der Waals surface area (Å²) in [4.78, 5) is 130. The summed E-state index contributed by atoms with van der Waals surface area (Å²) >= 11 is 1.51. The predicted molar refractivity (Wildman–Crippen MR) is 479 cm³/mol. The second-order valence-electron chi connectivity index (χ2n) is 35.6. The maximum atomic E-state index is 14.6. The number of likely N-dealkylation sites (tertiary alicyclic amines) is 2. The minimum atomic E-state index is -0.884. The highest BCUT2D eigenvalue weighted by atomic mass is 32.1. The van der Waals surface area contributed by atoms with Gasteiger partial charge in [0.25, 0.3) is 0 Å². The number of aromatic nitrogens is 1. The van der Waals surface area contributed by atoms with Crippen LogP contribution in [-0.4, -0.2) is 228 Å². The van der Waals surface area contributed by atoms with Crippen LogP contribution in [0.4, 0.5) is 5.69 Å². The number of carbonyl (C=O) groups is 8. The van der Waals surface area contributed by atoms with Crippen LogP contribution in [-0.2, 0) is 76.8 Å². The van der Waals surface area contributed by atoms with Crippen LogP contribution in [0, 0.1) is 59.2 Å². The number of hydrogen-bond acceptors (Lipinski definition) is 19. The molecule has 0 spiro atoms. The number of phenolic OH excluding ortho intramolecular Hbond substituents is 1. The minimum absolute atomic E-state index is 0.00204. The Balaban J connectivity index is 0.000000375. The molecule has 2 aliphatic rings. The van der Waals surface area contributed by atoms with Crippen LogP contribution in [0.1, 0.15) is 207 Å². The molecular weight excluding hydrogens is 1550 g/mol. The Morgan fingerprint density at radius 3 is 1.31 bits per heavy atom. The van der Waals surface area contributed by atoms with Crippen LogP contribution < -0.4 is 16.4 Å². The standard InChI is InChI=1S/C49H74N6O6S.C47H74N4O8/c1-12-33(6)45(54(9)49(59)38(31(2)3)28-41(56)44(32(4)5)53(8)30-36-20-22-37(50)23-21-36)42(60-10)29-43(57)55-25-16-19-40(55)46(61-11)34(7)47(58)52-39(48-51-24-26-62-48)27-35-17-14-13-15-18-35;1-13-31(6)43(50(10)47(57)37(29(2)3)26-39(53)42(30(4)5)49(9)28-34-21-23-36(52)24-22-34)40(58-11)27-41(54)51-25-17-20-38(51)45(59-12)32(7)46(56)48-33(8)44(55)35-18-15-14-16-19-35/h13-15,17-18,20-24,26,31-34,38-40,42,44-46H,12,16,19,25,27-30,50H2,1-11H3,(H,52,58);14-16,18-19,21-24,29-33,37-38,40,42-45,52,55H,13,17,20,25-28H2,1-12H3,(H,48,56)/t33-,34+,38-,39-,40-,42+,44-,45-,46+;31-,32+,33+,37-,38-,40+,42-,43-,44+,45+/m00/s1. The number of aliphatic hydroxyl groups is 1. The summed E-state index contributed by atoms with van der Waals surface area (Å²) in [5.74, 6) is -3.27. The molecule has 5 aromatic rings. The molecule has 121 heavy (non-hydrogen) atoms. The van der Waals surface area contributed by atoms with Crippen molar-refractivity contribution in [3.63, 3.8) is 0 Å². The van der Waals surface area contributed by atoms with E-state index in [9.17, 15) is 48.6 Å². The molecule has 3 heterocycles. The van der Waals surface area contributed by atoms with Crippen molar-refractivity contribution in [2.45, 2.75) is 266 Å². The van der Waals surface area contributed by atoms with Gasteiger partial charge in [0, 0.05) is 111 Å². The lowest BCUT2D eigenvalue weighted by Crippen LogP contribution is -2.54. The largest absolute Gasteiger partial charge is 0.508 e. The van der Waals surface area contributed by atoms with E-state index in [0.717, 1.165) is 47.4 Å². The van der Waals surface area contributed by atoms with E-state index in [1.807, 2.05) is 189 Å². The number of amides is 6. The van der Waals surface area contributed by atoms with Crippen LogP contribution >= 0.6 is 11.3 Å². The number of nitrogen functional groups attached to an aromatic ring is 1. The third-order valence-corrected chi connectivity index (χ3v) is 26.5. The Morgan fingerprint density at radius 1 is 0.529 bits per heavy atom. The number of carbonyl (C=O) groups excluding carboxylic acids is 8. The van der Waals surface area contributed by atoms with Gasteiger partial charge in [-0.1, -0.05) is 195 Å². The van der Waals surface area contributed by atoms with Crippen molar-refractivity contribution in [1.82, 2.24) is 45.0 Å². The van der Waals surface area contributed by atoms with Crippen molar-refractivity contribution in [3.8, 4) is 5.75 Å². The van der Waals surface area contributed by atoms with E-state index in [1.54, 1.807) is 89.4 Å². The van der Waals surface area contributed by atoms with Crippen LogP contribution in [0.5, 0.6) is 5.75 Å². The number of anilines is 1. The number of ether oxygens (including phenoxy) is 4. The topological polar surface area (TPSA) is 296 Å². The number of likely N-dealkylation sites (N-methyl/N-ethyl adjacent to an activating group) is 4. The second-order valence-corrected chi connectivity index (χ2v) is 36.5. The average Bonchev–Trinajstić information content (AvgIpc) is 1.77. The van der Waals surface area contributed by atoms with Gasteiger partial charge in [0.1, 0.15) is 10.8 Å². The third kappa shape index (κ3) is 28.3. The van der Waals surface area contributed by atoms with E-state index in [1.165, 1.54) is 11.3 Å². The lowest BCUT2D eigenvalue weighted by Gasteiger charge is -2.41. The Morgan fingerprint density at radius 2 is 0.934 bits per heavy atom. The number of nitrogens with zero attached hydrogens (tertiary/aromatic N) is 7. The van der Waals surface area contributed by atoms with Gasteiger partial charge in [-0.05, 0) is 135 Å². The molecule has 2 saturated heterocycles. The highest BCUT2D eigenvalue weighted by molar-refractivity contribution is 7.09. The molecule has 0 radical (unpaired) electrons. The van der Waals surface area contributed by atoms with Crippen molar-refractivity contribution in [1.29, 1.82) is 0 Å². The van der Waals surface area contributed by atoms with Crippen LogP contribution in [0.3, 0.4) is 0 Å². The number of nitrogens with one attached hydrogen (secondary N) is 2. The van der Waals surface area contributed by atoms with E-state index >= 15 is 0 Å². The normalized spacial score (nSPS) is 18.7. The summed E-state index contributed by atoms with van der Waals surface area (Å²) in [6, 6.07) is 30.7. The van der Waals surface area contributed by atoms with E-state index in [-0.39, 0.29) is 138 Å². The molecule has 672 valence electrons. The van der Waals surface area contributed by atoms with Gasteiger partial charge in [-0.15, -0.1) is 11.3 Å². The Kier molecular flexibility index (Phi) is 41.6. The van der Waals surface area contributed by atoms with Crippen LogP contribution in [0.25, 0.3) is 0 Å². The van der Waals surface area contributed by atoms with E-state index in [2.05, 4.69) is 48.2 Å². The quantitative estimate of drug-likeness (QED) is 0.0226. The molecule has 6 amide bonds. The van der Waals surface area contributed by atoms with Crippen molar-refractivity contribution in [2.75, 3.05) is 75.5 Å². The summed E-state index contributed by atoms with van der Waals surface area (Å²) in [5, 5.41) is 29.6. The number of methoxy groups -OCH3 is 4. The molecule has 2 fully saturated rings. The van der Waals surface area contributed by atoms with E-state index in [0.29, 0.717) is 56.7 Å². The first kappa shape index (κ1) is 102. The molecule has 4 aromatic carbocycles. The Bertz CT molecular complexity index is 3970. The zero-order chi connectivity index (χ0) is 89.8. The molecular formula is C96H148N10O14S. The monoisotopic (exact) mass is 1700 g/mol. The van der Waals surface area contributed by atoms with Gasteiger partial charge in [-0.25, -0.2) is 4.98 Å². The minimum Gasteiger partial charge on any atom is -0.508 e. The maximum absolute atomic E-state index is 14.6. The van der Waals surface area contributed by atoms with Gasteiger partial charge in [-0.2, -0.15) is 0 Å². The molecule has 6 N–H and O–H groups in total. The fraction of sp³-hybridized carbons (Fsp3) is 0.635. The number of ketones is 2. The number of phenols is 1. The smallest absolute Gasteiger partial charge is 0.226 e. The number of hydrogen-bond donors (Lipinski definition) is 5. The van der Waals surface area contributed by atoms with Crippen LogP contribution in [0.15, 0.2) is 121 Å². The van der Waals surface area contributed by atoms with Crippen molar-refractivity contribution < 1.29 is 67.5 Å². The Labute approximate surface area is 727 Å². The average molecular weight is 1700 g/mol. The number of nitrogens with two attached hydrogens (primary N) is 1. The predicted octanol–water partition coefficient (Wildman–Crippen LogP) is 13.7. The molecule has 25 heteroatoms. The maximum Gasteiger partial charge on any atom is 0.226 e. The number of rotatable bonds is 47. The molecule has 2 aliphatic heterocycles. The lowest BCUT2D eigenvalue weighted by atomic mass is 9.83. The van der Waals surface area contributed by atoms with Gasteiger partial charge < -0.3 is 65.1 Å². The van der Waals surface area contributed by atoms with Gasteiger partial charge in [0.2, 0.25) is 35.4 Å². The summed E-state index contributed by atoms with van der Waals surface area (Å²) in [5.41, 5.74) is 10.4. The van der Waals surface area contributed by atoms with Gasteiger partial charge in [0.15, 0.2) is 11.6 Å². The number of benzene rings is 4. The van der Waals surface area contributed by atoms with E-state index in [4.69, 9.17) is 24.7 Å². The lowest BCUT2D eigenvalue weighted by molar-refractivity contribution is -0.149. The van der Waals surface area contributed by atoms with Crippen molar-refractivity contribution in [3.05, 3.63) is 148 Å². The number of aromatic hydroxyl groups is 1. The first-order valence-corrected chi connectivity index (χ1v) is 44.9. The highest BCUT2D eigenvalue weighted by Gasteiger charge is 2.47. The molecule has 1 aromatic heterocycles. The first-order chi connectivity index (χ1) is 57.4. The summed E-state index contributed by atoms with van der Waals surface area (Å²) in [7, 11) is 13.8. The zero-order valence-electron chi connectivity index (χ0n) is 76.8. The first-order valence-electron chi connectivity index (χ1n) is 44.0. The van der Waals surface area contributed by atoms with E-state index < -0.39 is 78.4 Å². The van der Waals surface area contributed by atoms with Crippen LogP contribution in [0.2, 0.25) is 0 Å². The fourth-order valence-electron chi connectivity index (χ4n) is 18.4. The second kappa shape index (κ2) is 49.5. The zero-order valence-corrected chi connectivity index (χ0v) is 77.7. The molecule has 24 nitrogen and oxygen atoms in total. The number of Topliss-reactive ketones (excluding diaryl/α,β-unsaturated/α-hetero) is 2. The molecule has 0 unspecified atom stereocenters. The SMILES string of the molecule is CC[C@H](C)[C@@H]([C@@H](CC(=O)N1CCC[C@H]1[C@H](OC)[C@@H](C)C(=O)N[C@@H](Cc1ccccc1)c1nccs1)OC)N(C)C(=O)[C@@H](CC(=O)[C@H](C(C)C)N(C)Cc1ccc(N)cc1)C(C)C.CC[C@H](C)[C@@H]([C@@H](CC(=O)N1CCC[C@H]1[C@H](OC)[C@@H](C)C(=O)N[C@H](C)[C@@H](O)c1ccccc1)OC)N(C)C(=O)[C@@H](CC(=O)[C@H](C(C)C)N(C)Cc1ccc(O)cc1)C(C)C. The Hall–Kier alpha value is -8.01. The molecule has 0 aliphatic carbocycles. The van der Waals surface area contributed by atoms with Gasteiger partial charge in [-0.3, -0.25) is 48.2 Å². The molecule has 0 bridgehead atoms. The summed E-state index contributed by atoms with van der Waals surface area (Å²) in [6.07, 6.45) is 3.75. The van der Waals surface area contributed by atoms with Crippen molar-refractivity contribution in [2.24, 2.45) is 59.2 Å². The van der Waals surface area contributed by atoms with Gasteiger partial charge in [0.05, 0.1) is 104 Å². The fourth-order valence-corrected chi connectivity index (χ4v) is 19.1. The summed E-state index contributed by atoms with van der Waals surface area (Å²) < 4.78 is 24.2. The highest BCUT2D eigenvalue weighted by Crippen LogP contribution is 2.36. The third-order valence-electron chi connectivity index (χ3n) is 25.6. The van der Waals surface area contributed by atoms with Gasteiger partial charge >= 0.3 is 0 Å².